The van der Waals surface area contributed by atoms with Gasteiger partial charge in [0, 0.05) is 13.0 Å². The fraction of sp³-hybridized carbons (Fsp3) is 0.714. The summed E-state index contributed by atoms with van der Waals surface area (Å²) in [5, 5.41) is 0. The summed E-state index contributed by atoms with van der Waals surface area (Å²) in [4.78, 5) is 4.96. The van der Waals surface area contributed by atoms with Crippen LogP contribution in [0.3, 0.4) is 0 Å². The quantitative estimate of drug-likeness (QED) is 0.358. The number of hydrogen-bond donors (Lipinski definition) is 1. The normalized spacial score (nSPS) is 23.8. The molecule has 1 unspecified atom stereocenters. The van der Waals surface area contributed by atoms with E-state index in [1.807, 2.05) is 0 Å². The molecule has 0 radical (unpaired) electrons. The summed E-state index contributed by atoms with van der Waals surface area (Å²) >= 11 is 0. The van der Waals surface area contributed by atoms with Crippen LogP contribution in [0.2, 0.25) is 0 Å². The van der Waals surface area contributed by atoms with Crippen LogP contribution >= 0.6 is 0 Å². The van der Waals surface area contributed by atoms with Crippen molar-refractivity contribution < 1.29 is 14.3 Å². The molecule has 0 aromatic heterocycles. The Morgan fingerprint density at radius 3 is 3.27 bits per heavy atom. The van der Waals surface area contributed by atoms with E-state index in [0.29, 0.717) is 6.61 Å². The van der Waals surface area contributed by atoms with Gasteiger partial charge >= 0.3 is 0 Å². The lowest BCUT2D eigenvalue weighted by Crippen LogP contribution is -2.15. The van der Waals surface area contributed by atoms with Gasteiger partial charge in [0.05, 0.1) is 6.61 Å². The summed E-state index contributed by atoms with van der Waals surface area (Å²) < 4.78 is 10.1. The van der Waals surface area contributed by atoms with Crippen molar-refractivity contribution in [3.8, 4) is 0 Å². The van der Waals surface area contributed by atoms with Crippen molar-refractivity contribution in [2.75, 3.05) is 19.9 Å². The van der Waals surface area contributed by atoms with Crippen LogP contribution in [0, 0.1) is 0 Å². The number of rotatable bonds is 5. The van der Waals surface area contributed by atoms with Gasteiger partial charge in [-0.2, -0.15) is 5.48 Å². The Bertz CT molecular complexity index is 112. The number of nitrogens with one attached hydrogen (secondary N) is 1. The van der Waals surface area contributed by atoms with E-state index in [4.69, 9.17) is 14.3 Å². The minimum Gasteiger partial charge on any atom is -0.351 e. The standard InChI is InChI=1S/C7H13NO3/c1-2-5-9-6-10-7-3-4-8-11-7/h2,7-8H,1,3-6H2. The van der Waals surface area contributed by atoms with Gasteiger partial charge in [0.2, 0.25) is 0 Å². The molecule has 0 spiro atoms. The smallest absolute Gasteiger partial charge is 0.181 e. The van der Waals surface area contributed by atoms with Crippen LogP contribution in [0.1, 0.15) is 6.42 Å². The Morgan fingerprint density at radius 1 is 1.73 bits per heavy atom. The van der Waals surface area contributed by atoms with E-state index >= 15 is 0 Å². The molecule has 1 saturated heterocycles. The van der Waals surface area contributed by atoms with Gasteiger partial charge in [-0.3, -0.25) is 4.84 Å². The molecule has 1 heterocycles. The predicted octanol–water partition coefficient (Wildman–Crippen LogP) is 0.414. The van der Waals surface area contributed by atoms with E-state index in [0.717, 1.165) is 13.0 Å². The molecule has 4 nitrogen and oxygen atoms in total. The predicted molar refractivity (Wildman–Crippen MR) is 39.6 cm³/mol. The SMILES string of the molecule is C=CCOCOC1CCNO1. The summed E-state index contributed by atoms with van der Waals surface area (Å²) in [5.41, 5.74) is 2.71. The molecule has 64 valence electrons. The van der Waals surface area contributed by atoms with Gasteiger partial charge in [0.25, 0.3) is 0 Å². The first-order chi connectivity index (χ1) is 5.43. The highest BCUT2D eigenvalue weighted by molar-refractivity contribution is 4.63. The van der Waals surface area contributed by atoms with Crippen molar-refractivity contribution >= 4 is 0 Å². The molecule has 1 fully saturated rings. The van der Waals surface area contributed by atoms with Gasteiger partial charge in [-0.05, 0) is 0 Å². The van der Waals surface area contributed by atoms with Gasteiger partial charge in [0.15, 0.2) is 6.29 Å². The van der Waals surface area contributed by atoms with Gasteiger partial charge in [-0.25, -0.2) is 0 Å². The van der Waals surface area contributed by atoms with Crippen molar-refractivity contribution in [3.63, 3.8) is 0 Å². The van der Waals surface area contributed by atoms with Crippen LogP contribution in [0.5, 0.6) is 0 Å². The molecule has 0 saturated carbocycles. The van der Waals surface area contributed by atoms with Crippen LogP contribution in [0.25, 0.3) is 0 Å². The van der Waals surface area contributed by atoms with Gasteiger partial charge < -0.3 is 9.47 Å². The molecule has 11 heavy (non-hydrogen) atoms. The monoisotopic (exact) mass is 159 g/mol. The molecule has 1 rings (SSSR count). The first-order valence-electron chi connectivity index (χ1n) is 3.62. The van der Waals surface area contributed by atoms with Crippen molar-refractivity contribution in [1.29, 1.82) is 0 Å². The minimum absolute atomic E-state index is 0.153. The van der Waals surface area contributed by atoms with E-state index in [-0.39, 0.29) is 13.1 Å². The highest BCUT2D eigenvalue weighted by atomic mass is 16.8. The molecule has 0 bridgehead atoms. The molecular formula is C7H13NO3. The summed E-state index contributed by atoms with van der Waals surface area (Å²) in [6, 6.07) is 0. The maximum atomic E-state index is 5.15. The molecule has 0 aromatic carbocycles. The van der Waals surface area contributed by atoms with Crippen LogP contribution in [0.15, 0.2) is 12.7 Å². The van der Waals surface area contributed by atoms with E-state index < -0.39 is 0 Å². The molecule has 0 aromatic rings. The first-order valence-corrected chi connectivity index (χ1v) is 3.62. The summed E-state index contributed by atoms with van der Waals surface area (Å²) in [7, 11) is 0. The van der Waals surface area contributed by atoms with Crippen LogP contribution in [-0.4, -0.2) is 26.2 Å². The lowest BCUT2D eigenvalue weighted by atomic mass is 10.4. The second-order valence-corrected chi connectivity index (χ2v) is 2.17. The van der Waals surface area contributed by atoms with Crippen molar-refractivity contribution in [1.82, 2.24) is 5.48 Å². The Kier molecular flexibility index (Phi) is 4.15. The lowest BCUT2D eigenvalue weighted by molar-refractivity contribution is -0.190. The zero-order chi connectivity index (χ0) is 7.94. The van der Waals surface area contributed by atoms with Gasteiger partial charge in [0.1, 0.15) is 6.79 Å². The fourth-order valence-electron chi connectivity index (χ4n) is 0.760. The minimum atomic E-state index is -0.153. The molecule has 0 amide bonds. The Morgan fingerprint density at radius 2 is 2.64 bits per heavy atom. The van der Waals surface area contributed by atoms with E-state index in [2.05, 4.69) is 12.1 Å². The average molecular weight is 159 g/mol. The highest BCUT2D eigenvalue weighted by Gasteiger charge is 2.14. The third kappa shape index (κ3) is 3.48. The van der Waals surface area contributed by atoms with E-state index in [1.165, 1.54) is 0 Å². The van der Waals surface area contributed by atoms with E-state index in [9.17, 15) is 0 Å². The molecule has 1 atom stereocenters. The van der Waals surface area contributed by atoms with Crippen molar-refractivity contribution in [2.24, 2.45) is 0 Å². The second-order valence-electron chi connectivity index (χ2n) is 2.17. The summed E-state index contributed by atoms with van der Waals surface area (Å²) in [6.07, 6.45) is 2.40. The van der Waals surface area contributed by atoms with Gasteiger partial charge in [-0.1, -0.05) is 6.08 Å². The van der Waals surface area contributed by atoms with Gasteiger partial charge in [-0.15, -0.1) is 6.58 Å². The topological polar surface area (TPSA) is 39.7 Å². The third-order valence-corrected chi connectivity index (χ3v) is 1.27. The molecule has 0 aliphatic carbocycles. The molecule has 1 aliphatic rings. The zero-order valence-corrected chi connectivity index (χ0v) is 6.41. The van der Waals surface area contributed by atoms with Crippen molar-refractivity contribution in [3.05, 3.63) is 12.7 Å². The average Bonchev–Trinajstić information content (AvgIpc) is 2.50. The van der Waals surface area contributed by atoms with Crippen molar-refractivity contribution in [2.45, 2.75) is 12.7 Å². The molecule has 1 aliphatic heterocycles. The lowest BCUT2D eigenvalue weighted by Gasteiger charge is -2.08. The molecular weight excluding hydrogens is 146 g/mol. The number of hydroxylamine groups is 1. The zero-order valence-electron chi connectivity index (χ0n) is 6.41. The summed E-state index contributed by atoms with van der Waals surface area (Å²) in [6.45, 7) is 5.12. The Hall–Kier alpha value is -0.420. The third-order valence-electron chi connectivity index (χ3n) is 1.27. The summed E-state index contributed by atoms with van der Waals surface area (Å²) in [5.74, 6) is 0. The highest BCUT2D eigenvalue weighted by Crippen LogP contribution is 2.03. The first kappa shape index (κ1) is 8.67. The van der Waals surface area contributed by atoms with Crippen LogP contribution < -0.4 is 5.48 Å². The molecule has 4 heteroatoms. The largest absolute Gasteiger partial charge is 0.351 e. The maximum Gasteiger partial charge on any atom is 0.181 e. The van der Waals surface area contributed by atoms with Crippen LogP contribution in [0.4, 0.5) is 0 Å². The Labute approximate surface area is 66.1 Å². The number of hydrogen-bond acceptors (Lipinski definition) is 4. The van der Waals surface area contributed by atoms with E-state index in [1.54, 1.807) is 6.08 Å². The fourth-order valence-corrected chi connectivity index (χ4v) is 0.760. The van der Waals surface area contributed by atoms with Crippen LogP contribution in [-0.2, 0) is 14.3 Å². The Balaban J connectivity index is 1.89. The molecule has 1 N–H and O–H groups in total. The number of ether oxygens (including phenoxy) is 2. The second kappa shape index (κ2) is 5.26. The maximum absolute atomic E-state index is 5.15.